The number of hydrogen-bond donors (Lipinski definition) is 2. The van der Waals surface area contributed by atoms with Crippen LogP contribution in [0.4, 0.5) is 0 Å². The van der Waals surface area contributed by atoms with Crippen LogP contribution in [0.1, 0.15) is 121 Å². The van der Waals surface area contributed by atoms with E-state index in [9.17, 15) is 24.6 Å². The molecule has 3 unspecified atom stereocenters. The molecule has 0 aromatic heterocycles. The van der Waals surface area contributed by atoms with Crippen LogP contribution in [0.3, 0.4) is 0 Å². The highest BCUT2D eigenvalue weighted by Crippen LogP contribution is 2.74. The molecule has 8 heteroatoms. The Labute approximate surface area is 270 Å². The van der Waals surface area contributed by atoms with Gasteiger partial charge in [-0.3, -0.25) is 9.59 Å². The first kappa shape index (κ1) is 35.7. The smallest absolute Gasteiger partial charge is 0.336 e. The monoisotopic (exact) mass is 630 g/mol. The Bertz CT molecular complexity index is 1220. The maximum Gasteiger partial charge on any atom is 0.336 e. The molecule has 0 amide bonds. The number of aliphatic hydroxyl groups is 2. The molecule has 4 rings (SSSR count). The minimum Gasteiger partial charge on any atom is -0.462 e. The number of carbonyl (C=O) groups excluding carboxylic acids is 3. The third kappa shape index (κ3) is 6.39. The van der Waals surface area contributed by atoms with Crippen molar-refractivity contribution < 1.29 is 38.8 Å². The Balaban J connectivity index is 1.68. The van der Waals surface area contributed by atoms with Crippen LogP contribution in [-0.2, 0) is 28.6 Å². The summed E-state index contributed by atoms with van der Waals surface area (Å²) in [5.41, 5.74) is 0.753. The SMILES string of the molecule is CC(=O)O[C@@H]1CC[C@@]2(C)C(CC[C@@]3(C)C2[C@H](O)CC2C(=C(CCC=C(C)C)C(=O)OCOC(=O)C(C)(C)C)[C@H](O)C[C@@]23C)[C@@H]1C. The molecule has 4 saturated carbocycles. The van der Waals surface area contributed by atoms with Crippen molar-refractivity contribution >= 4 is 17.9 Å². The second-order valence-corrected chi connectivity index (χ2v) is 16.6. The van der Waals surface area contributed by atoms with Crippen LogP contribution in [0.5, 0.6) is 0 Å². The standard InChI is InChI=1S/C37H58O8/c1-21(2)12-11-13-24(32(41)43-20-44-33(42)34(5,6)7)30-26-18-27(39)31-35(8)16-15-29(45-23(4)38)22(3)25(35)14-17-36(31,9)37(26,10)19-28(30)40/h12,22,25-29,31,39-40H,11,13-20H2,1-10H3/t22-,25?,26?,27+,28+,29+,31?,35-,36-,37-/m0/s1. The van der Waals surface area contributed by atoms with Gasteiger partial charge in [-0.2, -0.15) is 0 Å². The molecule has 4 fully saturated rings. The Morgan fingerprint density at radius 1 is 0.978 bits per heavy atom. The van der Waals surface area contributed by atoms with E-state index in [-0.39, 0.29) is 46.1 Å². The molecule has 0 radical (unpaired) electrons. The summed E-state index contributed by atoms with van der Waals surface area (Å²) < 4.78 is 16.5. The van der Waals surface area contributed by atoms with Crippen molar-refractivity contribution in [1.29, 1.82) is 0 Å². The molecule has 0 saturated heterocycles. The van der Waals surface area contributed by atoms with E-state index in [1.807, 2.05) is 13.8 Å². The van der Waals surface area contributed by atoms with Gasteiger partial charge in [-0.15, -0.1) is 0 Å². The van der Waals surface area contributed by atoms with Crippen molar-refractivity contribution in [1.82, 2.24) is 0 Å². The molecule has 0 aromatic carbocycles. The lowest BCUT2D eigenvalue weighted by molar-refractivity contribution is -0.236. The normalized spacial score (nSPS) is 40.3. The Morgan fingerprint density at radius 3 is 2.24 bits per heavy atom. The molecule has 4 aliphatic rings. The van der Waals surface area contributed by atoms with E-state index in [1.54, 1.807) is 20.8 Å². The second-order valence-electron chi connectivity index (χ2n) is 16.6. The summed E-state index contributed by atoms with van der Waals surface area (Å²) in [5, 5.41) is 23.9. The minimum absolute atomic E-state index is 0.00941. The molecular weight excluding hydrogens is 572 g/mol. The molecule has 8 nitrogen and oxygen atoms in total. The number of fused-ring (bicyclic) bond motifs is 5. The zero-order chi connectivity index (χ0) is 33.7. The van der Waals surface area contributed by atoms with Crippen LogP contribution in [0, 0.1) is 45.3 Å². The third-order valence-corrected chi connectivity index (χ3v) is 12.5. The predicted molar refractivity (Wildman–Crippen MR) is 171 cm³/mol. The van der Waals surface area contributed by atoms with Crippen molar-refractivity contribution in [3.63, 3.8) is 0 Å². The van der Waals surface area contributed by atoms with Gasteiger partial charge in [0.2, 0.25) is 6.79 Å². The Hall–Kier alpha value is -2.19. The van der Waals surface area contributed by atoms with Crippen LogP contribution < -0.4 is 0 Å². The van der Waals surface area contributed by atoms with Gasteiger partial charge < -0.3 is 24.4 Å². The highest BCUT2D eigenvalue weighted by molar-refractivity contribution is 5.90. The summed E-state index contributed by atoms with van der Waals surface area (Å²) >= 11 is 0. The maximum atomic E-state index is 13.7. The van der Waals surface area contributed by atoms with Crippen molar-refractivity contribution in [2.75, 3.05) is 6.79 Å². The van der Waals surface area contributed by atoms with Crippen LogP contribution in [0.15, 0.2) is 22.8 Å². The van der Waals surface area contributed by atoms with Crippen molar-refractivity contribution in [2.24, 2.45) is 45.3 Å². The molecule has 4 aliphatic carbocycles. The van der Waals surface area contributed by atoms with Gasteiger partial charge in [0, 0.05) is 12.5 Å². The van der Waals surface area contributed by atoms with Crippen LogP contribution in [0.25, 0.3) is 0 Å². The van der Waals surface area contributed by atoms with Crippen LogP contribution >= 0.6 is 0 Å². The molecule has 0 aliphatic heterocycles. The molecule has 0 heterocycles. The number of hydrogen-bond acceptors (Lipinski definition) is 8. The van der Waals surface area contributed by atoms with Crippen molar-refractivity contribution in [3.8, 4) is 0 Å². The van der Waals surface area contributed by atoms with Crippen molar-refractivity contribution in [3.05, 3.63) is 22.8 Å². The maximum absolute atomic E-state index is 13.7. The summed E-state index contributed by atoms with van der Waals surface area (Å²) in [6.45, 7) is 19.3. The number of allylic oxidation sites excluding steroid dienone is 2. The molecule has 0 spiro atoms. The fraction of sp³-hybridized carbons (Fsp3) is 0.811. The molecular formula is C37H58O8. The topological polar surface area (TPSA) is 119 Å². The zero-order valence-electron chi connectivity index (χ0n) is 29.3. The summed E-state index contributed by atoms with van der Waals surface area (Å²) in [7, 11) is 0. The van der Waals surface area contributed by atoms with Gasteiger partial charge in [-0.1, -0.05) is 39.3 Å². The van der Waals surface area contributed by atoms with Gasteiger partial charge in [-0.05, 0) is 131 Å². The van der Waals surface area contributed by atoms with Gasteiger partial charge in [0.05, 0.1) is 17.6 Å². The first-order valence-corrected chi connectivity index (χ1v) is 17.0. The molecule has 254 valence electrons. The summed E-state index contributed by atoms with van der Waals surface area (Å²) in [5.74, 6) is -0.946. The molecule has 45 heavy (non-hydrogen) atoms. The van der Waals surface area contributed by atoms with E-state index in [4.69, 9.17) is 14.2 Å². The minimum atomic E-state index is -0.835. The lowest BCUT2D eigenvalue weighted by atomic mass is 9.36. The Morgan fingerprint density at radius 2 is 1.64 bits per heavy atom. The second kappa shape index (κ2) is 12.8. The van der Waals surface area contributed by atoms with Gasteiger partial charge in [0.1, 0.15) is 6.10 Å². The zero-order valence-corrected chi connectivity index (χ0v) is 29.3. The van der Waals surface area contributed by atoms with E-state index >= 15 is 0 Å². The van der Waals surface area contributed by atoms with E-state index in [1.165, 1.54) is 6.92 Å². The third-order valence-electron chi connectivity index (χ3n) is 12.5. The molecule has 0 bridgehead atoms. The van der Waals surface area contributed by atoms with E-state index in [0.717, 1.165) is 31.3 Å². The number of aliphatic hydroxyl groups excluding tert-OH is 2. The first-order valence-electron chi connectivity index (χ1n) is 17.0. The van der Waals surface area contributed by atoms with Gasteiger partial charge in [0.15, 0.2) is 0 Å². The molecule has 2 N–H and O–H groups in total. The summed E-state index contributed by atoms with van der Waals surface area (Å²) in [4.78, 5) is 37.8. The van der Waals surface area contributed by atoms with Crippen molar-refractivity contribution in [2.45, 2.75) is 139 Å². The fourth-order valence-electron chi connectivity index (χ4n) is 10.3. The fourth-order valence-corrected chi connectivity index (χ4v) is 10.3. The largest absolute Gasteiger partial charge is 0.462 e. The average Bonchev–Trinajstić information content (AvgIpc) is 3.17. The van der Waals surface area contributed by atoms with Gasteiger partial charge in [-0.25, -0.2) is 4.79 Å². The lowest BCUT2D eigenvalue weighted by Gasteiger charge is -2.69. The number of esters is 3. The lowest BCUT2D eigenvalue weighted by Crippen LogP contribution is -2.65. The predicted octanol–water partition coefficient (Wildman–Crippen LogP) is 6.67. The quantitative estimate of drug-likeness (QED) is 0.139. The number of ether oxygens (including phenoxy) is 3. The van der Waals surface area contributed by atoms with Gasteiger partial charge in [0.25, 0.3) is 0 Å². The molecule has 0 aromatic rings. The highest BCUT2D eigenvalue weighted by Gasteiger charge is 2.70. The highest BCUT2D eigenvalue weighted by atomic mass is 16.7. The van der Waals surface area contributed by atoms with E-state index < -0.39 is 36.4 Å². The van der Waals surface area contributed by atoms with Crippen LogP contribution in [-0.4, -0.2) is 53.2 Å². The van der Waals surface area contributed by atoms with E-state index in [0.29, 0.717) is 42.7 Å². The average molecular weight is 631 g/mol. The van der Waals surface area contributed by atoms with E-state index in [2.05, 4.69) is 33.8 Å². The summed E-state index contributed by atoms with van der Waals surface area (Å²) in [6, 6.07) is 0. The summed E-state index contributed by atoms with van der Waals surface area (Å²) in [6.07, 6.45) is 5.99. The van der Waals surface area contributed by atoms with Crippen LogP contribution in [0.2, 0.25) is 0 Å². The number of carbonyl (C=O) groups is 3. The Kier molecular flexibility index (Phi) is 10.1. The number of rotatable bonds is 7. The van der Waals surface area contributed by atoms with Gasteiger partial charge >= 0.3 is 17.9 Å². The molecule has 10 atom stereocenters. The first-order chi connectivity index (χ1) is 20.8.